The first-order valence-electron chi connectivity index (χ1n) is 5.94. The molecule has 0 bridgehead atoms. The van der Waals surface area contributed by atoms with E-state index in [4.69, 9.17) is 17.3 Å². The SMILES string of the molecule is Nc1cccc2c1C(=O)N(C(=O)CCCCCl)C2=O. The highest BCUT2D eigenvalue weighted by Gasteiger charge is 2.40. The molecule has 0 radical (unpaired) electrons. The zero-order chi connectivity index (χ0) is 14.0. The molecule has 1 heterocycles. The average molecular weight is 281 g/mol. The molecule has 0 saturated carbocycles. The molecule has 19 heavy (non-hydrogen) atoms. The summed E-state index contributed by atoms with van der Waals surface area (Å²) >= 11 is 5.52. The number of carbonyl (C=O) groups is 3. The second-order valence-electron chi connectivity index (χ2n) is 4.26. The Labute approximate surface area is 115 Å². The van der Waals surface area contributed by atoms with Gasteiger partial charge in [0, 0.05) is 18.0 Å². The number of carbonyl (C=O) groups excluding carboxylic acids is 3. The molecule has 0 saturated heterocycles. The maximum absolute atomic E-state index is 12.1. The van der Waals surface area contributed by atoms with Crippen LogP contribution in [0.5, 0.6) is 0 Å². The Morgan fingerprint density at radius 1 is 1.21 bits per heavy atom. The maximum Gasteiger partial charge on any atom is 0.270 e. The fraction of sp³-hybridized carbons (Fsp3) is 0.308. The molecule has 100 valence electrons. The van der Waals surface area contributed by atoms with E-state index >= 15 is 0 Å². The summed E-state index contributed by atoms with van der Waals surface area (Å²) < 4.78 is 0. The molecular formula is C13H13ClN2O3. The minimum atomic E-state index is -0.631. The van der Waals surface area contributed by atoms with Crippen LogP contribution in [0.2, 0.25) is 0 Å². The molecule has 0 spiro atoms. The van der Waals surface area contributed by atoms with E-state index in [9.17, 15) is 14.4 Å². The Morgan fingerprint density at radius 3 is 2.58 bits per heavy atom. The Kier molecular flexibility index (Phi) is 3.85. The maximum atomic E-state index is 12.1. The zero-order valence-corrected chi connectivity index (χ0v) is 10.9. The van der Waals surface area contributed by atoms with E-state index in [1.807, 2.05) is 0 Å². The third-order valence-electron chi connectivity index (χ3n) is 2.97. The summed E-state index contributed by atoms with van der Waals surface area (Å²) in [7, 11) is 0. The second kappa shape index (κ2) is 5.40. The second-order valence-corrected chi connectivity index (χ2v) is 4.63. The number of nitrogen functional groups attached to an aromatic ring is 1. The molecule has 0 fully saturated rings. The van der Waals surface area contributed by atoms with Crippen LogP contribution in [0.4, 0.5) is 5.69 Å². The molecule has 1 aliphatic rings. The number of imide groups is 3. The average Bonchev–Trinajstić information content (AvgIpc) is 2.63. The number of unbranched alkanes of at least 4 members (excludes halogenated alkanes) is 1. The van der Waals surface area contributed by atoms with Crippen molar-refractivity contribution in [3.05, 3.63) is 29.3 Å². The smallest absolute Gasteiger partial charge is 0.270 e. The summed E-state index contributed by atoms with van der Waals surface area (Å²) in [6, 6.07) is 4.62. The van der Waals surface area contributed by atoms with E-state index in [0.717, 1.165) is 0 Å². The number of nitrogens with two attached hydrogens (primary N) is 1. The molecule has 1 aromatic carbocycles. The van der Waals surface area contributed by atoms with Crippen molar-refractivity contribution in [1.82, 2.24) is 4.90 Å². The normalized spacial score (nSPS) is 13.8. The van der Waals surface area contributed by atoms with Crippen molar-refractivity contribution in [3.63, 3.8) is 0 Å². The van der Waals surface area contributed by atoms with Crippen LogP contribution in [0.3, 0.4) is 0 Å². The van der Waals surface area contributed by atoms with Gasteiger partial charge in [0.15, 0.2) is 0 Å². The third kappa shape index (κ3) is 2.33. The van der Waals surface area contributed by atoms with Crippen LogP contribution in [-0.4, -0.2) is 28.5 Å². The van der Waals surface area contributed by atoms with Gasteiger partial charge < -0.3 is 5.73 Å². The molecule has 6 heteroatoms. The van der Waals surface area contributed by atoms with E-state index < -0.39 is 17.7 Å². The lowest BCUT2D eigenvalue weighted by Crippen LogP contribution is -2.36. The van der Waals surface area contributed by atoms with Crippen LogP contribution < -0.4 is 5.73 Å². The highest BCUT2D eigenvalue weighted by molar-refractivity contribution is 6.30. The summed E-state index contributed by atoms with van der Waals surface area (Å²) in [5, 5.41) is 0. The monoisotopic (exact) mass is 280 g/mol. The van der Waals surface area contributed by atoms with Gasteiger partial charge in [0.25, 0.3) is 11.8 Å². The van der Waals surface area contributed by atoms with E-state index in [1.54, 1.807) is 6.07 Å². The van der Waals surface area contributed by atoms with Gasteiger partial charge in [-0.2, -0.15) is 0 Å². The number of nitrogens with zero attached hydrogens (tertiary/aromatic N) is 1. The van der Waals surface area contributed by atoms with Gasteiger partial charge in [-0.25, -0.2) is 4.90 Å². The zero-order valence-electron chi connectivity index (χ0n) is 10.2. The minimum absolute atomic E-state index is 0.123. The van der Waals surface area contributed by atoms with E-state index in [0.29, 0.717) is 23.6 Å². The first kappa shape index (κ1) is 13.5. The molecule has 1 aromatic rings. The Balaban J connectivity index is 2.23. The molecule has 2 N–H and O–H groups in total. The van der Waals surface area contributed by atoms with Crippen molar-refractivity contribution in [1.29, 1.82) is 0 Å². The number of hydrogen-bond donors (Lipinski definition) is 1. The molecule has 0 unspecified atom stereocenters. The van der Waals surface area contributed by atoms with Crippen LogP contribution >= 0.6 is 11.6 Å². The van der Waals surface area contributed by atoms with Crippen LogP contribution in [0.15, 0.2) is 18.2 Å². The quantitative estimate of drug-likeness (QED) is 0.395. The van der Waals surface area contributed by atoms with Gasteiger partial charge in [-0.15, -0.1) is 11.6 Å². The Hall–Kier alpha value is -1.88. The fourth-order valence-corrected chi connectivity index (χ4v) is 2.21. The van der Waals surface area contributed by atoms with Gasteiger partial charge in [0.2, 0.25) is 5.91 Å². The number of anilines is 1. The van der Waals surface area contributed by atoms with Crippen molar-refractivity contribution in [2.75, 3.05) is 11.6 Å². The fourth-order valence-electron chi connectivity index (χ4n) is 2.02. The van der Waals surface area contributed by atoms with Gasteiger partial charge in [0.1, 0.15) is 0 Å². The molecule has 3 amide bonds. The molecule has 1 aliphatic heterocycles. The number of alkyl halides is 1. The van der Waals surface area contributed by atoms with E-state index in [2.05, 4.69) is 0 Å². The summed E-state index contributed by atoms with van der Waals surface area (Å²) in [5.74, 6) is -1.28. The third-order valence-corrected chi connectivity index (χ3v) is 3.24. The number of hydrogen-bond acceptors (Lipinski definition) is 4. The lowest BCUT2D eigenvalue weighted by Gasteiger charge is -2.11. The summed E-state index contributed by atoms with van der Waals surface area (Å²) in [4.78, 5) is 36.7. The topological polar surface area (TPSA) is 80.5 Å². The number of amides is 3. The lowest BCUT2D eigenvalue weighted by molar-refractivity contribution is -0.126. The molecule has 0 aromatic heterocycles. The predicted octanol–water partition coefficient (Wildman–Crippen LogP) is 1.80. The van der Waals surface area contributed by atoms with E-state index in [1.165, 1.54) is 12.1 Å². The summed E-state index contributed by atoms with van der Waals surface area (Å²) in [6.45, 7) is 0. The molecule has 5 nitrogen and oxygen atoms in total. The first-order chi connectivity index (χ1) is 9.07. The van der Waals surface area contributed by atoms with Gasteiger partial charge in [-0.3, -0.25) is 14.4 Å². The lowest BCUT2D eigenvalue weighted by atomic mass is 10.1. The molecule has 0 aliphatic carbocycles. The largest absolute Gasteiger partial charge is 0.398 e. The summed E-state index contributed by atoms with van der Waals surface area (Å²) in [5.41, 5.74) is 6.21. The minimum Gasteiger partial charge on any atom is -0.398 e. The van der Waals surface area contributed by atoms with Crippen LogP contribution in [0.25, 0.3) is 0 Å². The van der Waals surface area contributed by atoms with Crippen LogP contribution in [0, 0.1) is 0 Å². The number of benzene rings is 1. The summed E-state index contributed by atoms with van der Waals surface area (Å²) in [6.07, 6.45) is 1.34. The van der Waals surface area contributed by atoms with Crippen molar-refractivity contribution in [3.8, 4) is 0 Å². The van der Waals surface area contributed by atoms with Crippen LogP contribution in [-0.2, 0) is 4.79 Å². The van der Waals surface area contributed by atoms with Gasteiger partial charge in [-0.05, 0) is 25.0 Å². The molecule has 0 atom stereocenters. The van der Waals surface area contributed by atoms with Crippen molar-refractivity contribution < 1.29 is 14.4 Å². The molecular weight excluding hydrogens is 268 g/mol. The standard InChI is InChI=1S/C13H13ClN2O3/c14-7-2-1-6-10(17)16-12(18)8-4-3-5-9(15)11(8)13(16)19/h3-5H,1-2,6-7,15H2. The van der Waals surface area contributed by atoms with Gasteiger partial charge in [-0.1, -0.05) is 6.07 Å². The van der Waals surface area contributed by atoms with Crippen molar-refractivity contribution in [2.24, 2.45) is 0 Å². The van der Waals surface area contributed by atoms with Crippen molar-refractivity contribution in [2.45, 2.75) is 19.3 Å². The van der Waals surface area contributed by atoms with Crippen molar-refractivity contribution >= 4 is 35.0 Å². The molecule has 2 rings (SSSR count). The van der Waals surface area contributed by atoms with Gasteiger partial charge >= 0.3 is 0 Å². The predicted molar refractivity (Wildman–Crippen MR) is 70.9 cm³/mol. The van der Waals surface area contributed by atoms with Gasteiger partial charge in [0.05, 0.1) is 11.1 Å². The van der Waals surface area contributed by atoms with Crippen LogP contribution in [0.1, 0.15) is 40.0 Å². The van der Waals surface area contributed by atoms with E-state index in [-0.39, 0.29) is 23.2 Å². The number of halogens is 1. The highest BCUT2D eigenvalue weighted by atomic mass is 35.5. The number of fused-ring (bicyclic) bond motifs is 1. The highest BCUT2D eigenvalue weighted by Crippen LogP contribution is 2.28. The number of rotatable bonds is 4. The Morgan fingerprint density at radius 2 is 1.95 bits per heavy atom. The first-order valence-corrected chi connectivity index (χ1v) is 6.47. The Bertz CT molecular complexity index is 557.